The van der Waals surface area contributed by atoms with E-state index in [-0.39, 0.29) is 17.4 Å². The summed E-state index contributed by atoms with van der Waals surface area (Å²) >= 11 is 5.80. The standard InChI is InChI=1S/C20H21ClF3NO3S/c21-15-5-8-17(9-6-15)29(27,28)25-16-7-10-18-13(2-1-3-14(18)12-16)4-11-19(26)20(22,23)24/h1-3,5-6,8-9,16,19,25-26H,4,7,10-12H2/t16-,19?/m1/s1. The molecule has 0 aliphatic heterocycles. The van der Waals surface area contributed by atoms with Gasteiger partial charge < -0.3 is 5.11 Å². The summed E-state index contributed by atoms with van der Waals surface area (Å²) in [4.78, 5) is 0.127. The second-order valence-corrected chi connectivity index (χ2v) is 9.32. The molecular formula is C20H21ClF3NO3S. The predicted molar refractivity (Wildman–Crippen MR) is 104 cm³/mol. The fraction of sp³-hybridized carbons (Fsp3) is 0.400. The van der Waals surface area contributed by atoms with Crippen LogP contribution in [0.3, 0.4) is 0 Å². The van der Waals surface area contributed by atoms with Crippen LogP contribution in [0, 0.1) is 0 Å². The van der Waals surface area contributed by atoms with Gasteiger partial charge in [-0.05, 0) is 73.1 Å². The zero-order chi connectivity index (χ0) is 21.2. The number of aryl methyl sites for hydroxylation is 1. The maximum Gasteiger partial charge on any atom is 0.414 e. The molecule has 0 fully saturated rings. The minimum absolute atomic E-state index is 0.116. The molecule has 0 aromatic heterocycles. The van der Waals surface area contributed by atoms with E-state index in [1.807, 2.05) is 6.07 Å². The van der Waals surface area contributed by atoms with E-state index in [0.29, 0.717) is 24.3 Å². The highest BCUT2D eigenvalue weighted by Crippen LogP contribution is 2.29. The lowest BCUT2D eigenvalue weighted by Crippen LogP contribution is -2.39. The summed E-state index contributed by atoms with van der Waals surface area (Å²) in [6.07, 6.45) is -5.70. The van der Waals surface area contributed by atoms with Crippen molar-refractivity contribution in [3.63, 3.8) is 0 Å². The average Bonchev–Trinajstić information content (AvgIpc) is 2.65. The number of halogens is 4. The van der Waals surface area contributed by atoms with Crippen LogP contribution < -0.4 is 4.72 Å². The van der Waals surface area contributed by atoms with E-state index < -0.39 is 28.7 Å². The van der Waals surface area contributed by atoms with Gasteiger partial charge in [-0.15, -0.1) is 0 Å². The molecule has 1 aliphatic carbocycles. The molecule has 0 saturated heterocycles. The number of hydrogen-bond donors (Lipinski definition) is 2. The molecule has 1 unspecified atom stereocenters. The second-order valence-electron chi connectivity index (χ2n) is 7.17. The van der Waals surface area contributed by atoms with Gasteiger partial charge in [0.2, 0.25) is 10.0 Å². The number of aliphatic hydroxyl groups is 1. The Morgan fingerprint density at radius 1 is 1.17 bits per heavy atom. The highest BCUT2D eigenvalue weighted by atomic mass is 35.5. The Kier molecular flexibility index (Phi) is 6.57. The fourth-order valence-corrected chi connectivity index (χ4v) is 4.97. The lowest BCUT2D eigenvalue weighted by Gasteiger charge is -2.27. The first-order valence-electron chi connectivity index (χ1n) is 9.18. The molecular weight excluding hydrogens is 427 g/mol. The molecule has 0 spiro atoms. The smallest absolute Gasteiger partial charge is 0.384 e. The lowest BCUT2D eigenvalue weighted by molar-refractivity contribution is -0.205. The summed E-state index contributed by atoms with van der Waals surface area (Å²) < 4.78 is 65.5. The molecule has 0 saturated carbocycles. The zero-order valence-electron chi connectivity index (χ0n) is 15.4. The molecule has 0 heterocycles. The van der Waals surface area contributed by atoms with Crippen LogP contribution in [0.5, 0.6) is 0 Å². The number of nitrogens with one attached hydrogen (secondary N) is 1. The molecule has 158 valence electrons. The minimum Gasteiger partial charge on any atom is -0.384 e. The van der Waals surface area contributed by atoms with Gasteiger partial charge in [0, 0.05) is 11.1 Å². The molecule has 0 bridgehead atoms. The first-order valence-corrected chi connectivity index (χ1v) is 11.0. The molecule has 2 aromatic rings. The molecule has 0 amide bonds. The molecule has 4 nitrogen and oxygen atoms in total. The zero-order valence-corrected chi connectivity index (χ0v) is 17.0. The van der Waals surface area contributed by atoms with Crippen LogP contribution in [0.1, 0.15) is 29.5 Å². The second kappa shape index (κ2) is 8.63. The summed E-state index contributed by atoms with van der Waals surface area (Å²) in [5, 5.41) is 9.68. The molecule has 9 heteroatoms. The fourth-order valence-electron chi connectivity index (χ4n) is 3.58. The molecule has 2 atom stereocenters. The van der Waals surface area contributed by atoms with Gasteiger partial charge in [0.25, 0.3) is 0 Å². The third kappa shape index (κ3) is 5.51. The number of aliphatic hydroxyl groups excluding tert-OH is 1. The Morgan fingerprint density at radius 2 is 1.86 bits per heavy atom. The van der Waals surface area contributed by atoms with Gasteiger partial charge in [-0.3, -0.25) is 0 Å². The first kappa shape index (κ1) is 22.1. The number of rotatable bonds is 6. The van der Waals surface area contributed by atoms with E-state index in [2.05, 4.69) is 4.72 Å². The summed E-state index contributed by atoms with van der Waals surface area (Å²) in [5.41, 5.74) is 2.63. The highest BCUT2D eigenvalue weighted by Gasteiger charge is 2.37. The van der Waals surface area contributed by atoms with Crippen molar-refractivity contribution in [1.82, 2.24) is 4.72 Å². The van der Waals surface area contributed by atoms with Crippen molar-refractivity contribution in [3.8, 4) is 0 Å². The molecule has 2 N–H and O–H groups in total. The van der Waals surface area contributed by atoms with Crippen LogP contribution in [-0.4, -0.2) is 31.8 Å². The number of fused-ring (bicyclic) bond motifs is 1. The molecule has 0 radical (unpaired) electrons. The summed E-state index contributed by atoms with van der Waals surface area (Å²) in [6, 6.07) is 11.0. The van der Waals surface area contributed by atoms with E-state index in [9.17, 15) is 26.7 Å². The minimum atomic E-state index is -4.63. The number of benzene rings is 2. The SMILES string of the molecule is O=S(=O)(N[C@@H]1CCc2c(CCC(O)C(F)(F)F)cccc2C1)c1ccc(Cl)cc1. The van der Waals surface area contributed by atoms with E-state index in [4.69, 9.17) is 11.6 Å². The normalized spacial score (nSPS) is 18.3. The quantitative estimate of drug-likeness (QED) is 0.702. The van der Waals surface area contributed by atoms with Crippen LogP contribution in [0.15, 0.2) is 47.4 Å². The number of alkyl halides is 3. The third-order valence-corrected chi connectivity index (χ3v) is 6.88. The van der Waals surface area contributed by atoms with E-state index in [1.165, 1.54) is 24.3 Å². The average molecular weight is 448 g/mol. The van der Waals surface area contributed by atoms with Gasteiger partial charge in [-0.1, -0.05) is 29.8 Å². The van der Waals surface area contributed by atoms with E-state index in [0.717, 1.165) is 16.7 Å². The number of sulfonamides is 1. The predicted octanol–water partition coefficient (Wildman–Crippen LogP) is 4.03. The summed E-state index contributed by atoms with van der Waals surface area (Å²) in [7, 11) is -3.69. The van der Waals surface area contributed by atoms with Gasteiger partial charge in [-0.2, -0.15) is 13.2 Å². The van der Waals surface area contributed by atoms with Gasteiger partial charge >= 0.3 is 6.18 Å². The Hall–Kier alpha value is -1.61. The van der Waals surface area contributed by atoms with Crippen molar-refractivity contribution in [3.05, 3.63) is 64.2 Å². The van der Waals surface area contributed by atoms with Gasteiger partial charge in [-0.25, -0.2) is 13.1 Å². The summed E-state index contributed by atoms with van der Waals surface area (Å²) in [5.74, 6) is 0. The Bertz CT molecular complexity index is 962. The number of hydrogen-bond acceptors (Lipinski definition) is 3. The van der Waals surface area contributed by atoms with E-state index >= 15 is 0 Å². The van der Waals surface area contributed by atoms with Crippen LogP contribution in [0.2, 0.25) is 5.02 Å². The molecule has 3 rings (SSSR count). The van der Waals surface area contributed by atoms with Crippen molar-refractivity contribution in [2.24, 2.45) is 0 Å². The van der Waals surface area contributed by atoms with Crippen LogP contribution in [0.25, 0.3) is 0 Å². The summed E-state index contributed by atoms with van der Waals surface area (Å²) in [6.45, 7) is 0. The lowest BCUT2D eigenvalue weighted by atomic mass is 9.84. The van der Waals surface area contributed by atoms with Crippen LogP contribution in [0.4, 0.5) is 13.2 Å². The Balaban J connectivity index is 1.69. The van der Waals surface area contributed by atoms with Crippen molar-refractivity contribution < 1.29 is 26.7 Å². The molecule has 29 heavy (non-hydrogen) atoms. The van der Waals surface area contributed by atoms with Crippen molar-refractivity contribution in [1.29, 1.82) is 0 Å². The highest BCUT2D eigenvalue weighted by molar-refractivity contribution is 7.89. The van der Waals surface area contributed by atoms with Crippen LogP contribution in [-0.2, 0) is 29.3 Å². The molecule has 2 aromatic carbocycles. The largest absolute Gasteiger partial charge is 0.414 e. The van der Waals surface area contributed by atoms with E-state index in [1.54, 1.807) is 12.1 Å². The van der Waals surface area contributed by atoms with Crippen molar-refractivity contribution >= 4 is 21.6 Å². The topological polar surface area (TPSA) is 66.4 Å². The van der Waals surface area contributed by atoms with Crippen LogP contribution >= 0.6 is 11.6 Å². The maximum atomic E-state index is 12.6. The van der Waals surface area contributed by atoms with Crippen molar-refractivity contribution in [2.75, 3.05) is 0 Å². The first-order chi connectivity index (χ1) is 13.6. The van der Waals surface area contributed by atoms with Crippen molar-refractivity contribution in [2.45, 2.75) is 55.3 Å². The monoisotopic (exact) mass is 447 g/mol. The van der Waals surface area contributed by atoms with Gasteiger partial charge in [0.1, 0.15) is 6.10 Å². The maximum absolute atomic E-state index is 12.6. The van der Waals surface area contributed by atoms with Gasteiger partial charge in [0.05, 0.1) is 4.90 Å². The third-order valence-electron chi connectivity index (χ3n) is 5.09. The Labute approximate surface area is 172 Å². The Morgan fingerprint density at radius 3 is 2.52 bits per heavy atom. The van der Waals surface area contributed by atoms with Gasteiger partial charge in [0.15, 0.2) is 0 Å². The molecule has 1 aliphatic rings.